The highest BCUT2D eigenvalue weighted by atomic mass is 16.4. The first-order chi connectivity index (χ1) is 28.2. The summed E-state index contributed by atoms with van der Waals surface area (Å²) in [7, 11) is 0. The number of primary amides is 1. The van der Waals surface area contributed by atoms with Crippen LogP contribution >= 0.6 is 0 Å². The second-order valence-corrected chi connectivity index (χ2v) is 13.2. The minimum Gasteiger partial charge on any atom is -0.481 e. The lowest BCUT2D eigenvalue weighted by Gasteiger charge is -2.25. The van der Waals surface area contributed by atoms with Gasteiger partial charge in [-0.3, -0.25) is 48.1 Å². The molecule has 0 aliphatic heterocycles. The SMILES string of the molecule is NCCCC[C@H](N)C(=O)N[C@@H](Cc1cnc[nH]1)C(=O)N[C@@H](CC(N)=O)C(=O)N[C@@H](CCCN=C(N)N)C(=O)NCC(=O)N[C@@H](CC(=O)O)C(=O)N[C@@H](CCC(=O)O)C(=O)O. The Morgan fingerprint density at radius 3 is 1.83 bits per heavy atom. The van der Waals surface area contributed by atoms with Crippen molar-refractivity contribution >= 4 is 65.2 Å². The Labute approximate surface area is 342 Å². The molecule has 20 N–H and O–H groups in total. The number of hydrogen-bond acceptors (Lipinski definition) is 14. The van der Waals surface area contributed by atoms with E-state index in [9.17, 15) is 58.2 Å². The first-order valence-corrected chi connectivity index (χ1v) is 18.4. The Hall–Kier alpha value is -6.90. The topological polar surface area (TPSA) is 475 Å². The molecule has 6 atom stereocenters. The molecule has 0 fully saturated rings. The van der Waals surface area contributed by atoms with Crippen molar-refractivity contribution in [2.75, 3.05) is 19.6 Å². The third-order valence-electron chi connectivity index (χ3n) is 8.25. The van der Waals surface area contributed by atoms with Crippen LogP contribution in [-0.2, 0) is 54.4 Å². The van der Waals surface area contributed by atoms with Crippen LogP contribution in [0, 0.1) is 0 Å². The molecule has 7 amide bonds. The Morgan fingerprint density at radius 1 is 0.683 bits per heavy atom. The number of carboxylic acid groups (broad SMARTS) is 3. The van der Waals surface area contributed by atoms with Gasteiger partial charge >= 0.3 is 17.9 Å². The molecular weight excluding hydrogens is 800 g/mol. The lowest BCUT2D eigenvalue weighted by Crippen LogP contribution is -2.59. The summed E-state index contributed by atoms with van der Waals surface area (Å²) < 4.78 is 0. The van der Waals surface area contributed by atoms with Crippen LogP contribution in [-0.4, -0.2) is 146 Å². The van der Waals surface area contributed by atoms with Crippen LogP contribution in [0.25, 0.3) is 0 Å². The number of amides is 7. The van der Waals surface area contributed by atoms with E-state index >= 15 is 0 Å². The lowest BCUT2D eigenvalue weighted by atomic mass is 10.1. The van der Waals surface area contributed by atoms with Crippen molar-refractivity contribution in [1.82, 2.24) is 41.9 Å². The van der Waals surface area contributed by atoms with E-state index in [1.165, 1.54) is 12.5 Å². The van der Waals surface area contributed by atoms with Crippen LogP contribution < -0.4 is 60.6 Å². The number of carbonyl (C=O) groups excluding carboxylic acids is 7. The van der Waals surface area contributed by atoms with Gasteiger partial charge < -0.3 is 80.9 Å². The number of carboxylic acids is 3. The number of imidazole rings is 1. The van der Waals surface area contributed by atoms with E-state index in [1.807, 2.05) is 10.6 Å². The van der Waals surface area contributed by atoms with Gasteiger partial charge in [0, 0.05) is 31.3 Å². The Bertz CT molecular complexity index is 1690. The normalized spacial score (nSPS) is 13.7. The molecule has 0 unspecified atom stereocenters. The molecule has 0 aromatic carbocycles. The van der Waals surface area contributed by atoms with Gasteiger partial charge in [0.25, 0.3) is 0 Å². The zero-order chi connectivity index (χ0) is 45.4. The van der Waals surface area contributed by atoms with Crippen molar-refractivity contribution in [3.8, 4) is 0 Å². The third-order valence-corrected chi connectivity index (χ3v) is 8.25. The molecule has 0 spiro atoms. The fraction of sp³-hybridized carbons (Fsp3) is 0.576. The predicted molar refractivity (Wildman–Crippen MR) is 206 cm³/mol. The predicted octanol–water partition coefficient (Wildman–Crippen LogP) is -6.70. The summed E-state index contributed by atoms with van der Waals surface area (Å²) in [6, 6.07) is -9.22. The second-order valence-electron chi connectivity index (χ2n) is 13.2. The van der Waals surface area contributed by atoms with E-state index in [-0.39, 0.29) is 38.2 Å². The number of carbonyl (C=O) groups is 10. The monoisotopic (exact) mass is 854 g/mol. The van der Waals surface area contributed by atoms with Gasteiger partial charge in [-0.2, -0.15) is 0 Å². The largest absolute Gasteiger partial charge is 0.481 e. The van der Waals surface area contributed by atoms with Gasteiger partial charge in [0.15, 0.2) is 5.96 Å². The number of aliphatic carboxylic acids is 3. The summed E-state index contributed by atoms with van der Waals surface area (Å²) in [5, 5.41) is 40.9. The molecule has 0 radical (unpaired) electrons. The van der Waals surface area contributed by atoms with E-state index in [4.69, 9.17) is 33.8 Å². The molecular formula is C33H54N14O13. The average Bonchev–Trinajstić information content (AvgIpc) is 3.68. The van der Waals surface area contributed by atoms with Crippen LogP contribution in [0.3, 0.4) is 0 Å². The smallest absolute Gasteiger partial charge is 0.326 e. The fourth-order valence-corrected chi connectivity index (χ4v) is 5.19. The molecule has 334 valence electrons. The van der Waals surface area contributed by atoms with Crippen LogP contribution in [0.1, 0.15) is 63.5 Å². The summed E-state index contributed by atoms with van der Waals surface area (Å²) in [4.78, 5) is 135. The minimum atomic E-state index is -1.87. The quantitative estimate of drug-likeness (QED) is 0.0194. The van der Waals surface area contributed by atoms with E-state index in [0.717, 1.165) is 0 Å². The van der Waals surface area contributed by atoms with E-state index < -0.39 is 128 Å². The highest BCUT2D eigenvalue weighted by Gasteiger charge is 2.33. The summed E-state index contributed by atoms with van der Waals surface area (Å²) >= 11 is 0. The van der Waals surface area contributed by atoms with Gasteiger partial charge in [-0.15, -0.1) is 0 Å². The van der Waals surface area contributed by atoms with Crippen molar-refractivity contribution in [3.63, 3.8) is 0 Å². The summed E-state index contributed by atoms with van der Waals surface area (Å²) in [5.74, 6) is -12.1. The van der Waals surface area contributed by atoms with Gasteiger partial charge in [0.05, 0.1) is 31.8 Å². The van der Waals surface area contributed by atoms with Crippen LogP contribution in [0.4, 0.5) is 0 Å². The number of nitrogens with one attached hydrogen (secondary N) is 7. The van der Waals surface area contributed by atoms with Crippen LogP contribution in [0.2, 0.25) is 0 Å². The first kappa shape index (κ1) is 51.1. The molecule has 0 aliphatic carbocycles. The van der Waals surface area contributed by atoms with E-state index in [0.29, 0.717) is 25.1 Å². The number of guanidine groups is 1. The van der Waals surface area contributed by atoms with Gasteiger partial charge in [0.2, 0.25) is 41.4 Å². The molecule has 1 rings (SSSR count). The Morgan fingerprint density at radius 2 is 1.28 bits per heavy atom. The molecule has 1 aromatic rings. The van der Waals surface area contributed by atoms with Gasteiger partial charge in [0.1, 0.15) is 30.2 Å². The maximum Gasteiger partial charge on any atom is 0.326 e. The van der Waals surface area contributed by atoms with Gasteiger partial charge in [-0.1, -0.05) is 6.42 Å². The number of aromatic amines is 1. The number of H-pyrrole nitrogens is 1. The van der Waals surface area contributed by atoms with Crippen LogP contribution in [0.5, 0.6) is 0 Å². The zero-order valence-electron chi connectivity index (χ0n) is 32.5. The average molecular weight is 855 g/mol. The van der Waals surface area contributed by atoms with Crippen molar-refractivity contribution in [3.05, 3.63) is 18.2 Å². The number of aromatic nitrogens is 2. The molecule has 60 heavy (non-hydrogen) atoms. The molecule has 1 aromatic heterocycles. The van der Waals surface area contributed by atoms with E-state index in [1.54, 1.807) is 0 Å². The minimum absolute atomic E-state index is 0.0387. The van der Waals surface area contributed by atoms with Crippen molar-refractivity contribution in [2.45, 2.75) is 100 Å². The van der Waals surface area contributed by atoms with E-state index in [2.05, 4.69) is 36.2 Å². The molecule has 0 saturated heterocycles. The number of hydrogen-bond donors (Lipinski definition) is 15. The first-order valence-electron chi connectivity index (χ1n) is 18.4. The highest BCUT2D eigenvalue weighted by Crippen LogP contribution is 2.07. The van der Waals surface area contributed by atoms with Crippen LogP contribution in [0.15, 0.2) is 17.5 Å². The van der Waals surface area contributed by atoms with Gasteiger partial charge in [-0.25, -0.2) is 9.78 Å². The van der Waals surface area contributed by atoms with Crippen molar-refractivity contribution < 1.29 is 63.3 Å². The summed E-state index contributed by atoms with van der Waals surface area (Å²) in [6.45, 7) is -0.582. The molecule has 27 heteroatoms. The lowest BCUT2D eigenvalue weighted by molar-refractivity contribution is -0.144. The second kappa shape index (κ2) is 26.9. The Kier molecular flexibility index (Phi) is 22.9. The summed E-state index contributed by atoms with van der Waals surface area (Å²) in [6.07, 6.45) is 0.742. The Balaban J connectivity index is 3.21. The highest BCUT2D eigenvalue weighted by molar-refractivity contribution is 5.98. The zero-order valence-corrected chi connectivity index (χ0v) is 32.5. The maximum absolute atomic E-state index is 13.6. The fourth-order valence-electron chi connectivity index (χ4n) is 5.19. The summed E-state index contributed by atoms with van der Waals surface area (Å²) in [5.41, 5.74) is 28.0. The molecule has 1 heterocycles. The third kappa shape index (κ3) is 21.0. The number of unbranched alkanes of at least 4 members (excludes halogenated alkanes) is 1. The number of nitrogens with zero attached hydrogens (tertiary/aromatic N) is 2. The van der Waals surface area contributed by atoms with Crippen molar-refractivity contribution in [2.24, 2.45) is 33.7 Å². The van der Waals surface area contributed by atoms with Gasteiger partial charge in [-0.05, 0) is 38.6 Å². The molecule has 0 bridgehead atoms. The standard InChI is InChI=1S/C33H54N14O13/c34-8-2-1-4-17(35)27(54)46-20(10-16-13-39-15-42-16)29(56)47-21(11-23(36)48)30(57)44-18(5-3-9-40-33(37)38)28(55)41-14-24(49)43-22(12-26(52)53)31(58)45-19(32(59)60)6-7-25(50)51/h13,15,17-22H,1-12,14,34-35H2,(H2,36,48)(H,39,42)(H,41,55)(H,43,49)(H,44,57)(H,45,58)(H,46,54)(H,47,56)(H,50,51)(H,52,53)(H,59,60)(H4,37,38,40)/t17-,18-,19-,20-,21-,22-/m0/s1. The number of aliphatic imine (C=N–C) groups is 1. The molecule has 0 aliphatic rings. The number of nitrogens with two attached hydrogens (primary N) is 5. The van der Waals surface area contributed by atoms with Crippen molar-refractivity contribution in [1.29, 1.82) is 0 Å². The maximum atomic E-state index is 13.6. The number of rotatable bonds is 30. The molecule has 27 nitrogen and oxygen atoms in total. The molecule has 0 saturated carbocycles.